The fraction of sp³-hybridized carbons (Fsp3) is 0.733. The van der Waals surface area contributed by atoms with Gasteiger partial charge in [-0.3, -0.25) is 0 Å². The van der Waals surface area contributed by atoms with E-state index in [1.165, 1.54) is 24.8 Å². The maximum absolute atomic E-state index is 3.51. The summed E-state index contributed by atoms with van der Waals surface area (Å²) in [6.07, 6.45) is 3.78. The van der Waals surface area contributed by atoms with Crippen molar-refractivity contribution in [3.8, 4) is 0 Å². The van der Waals surface area contributed by atoms with Crippen LogP contribution in [0.2, 0.25) is 0 Å². The van der Waals surface area contributed by atoms with E-state index in [0.717, 1.165) is 6.54 Å². The van der Waals surface area contributed by atoms with Gasteiger partial charge in [0, 0.05) is 10.9 Å². The van der Waals surface area contributed by atoms with Gasteiger partial charge in [-0.05, 0) is 55.2 Å². The van der Waals surface area contributed by atoms with Gasteiger partial charge in [-0.2, -0.15) is 0 Å². The normalized spacial score (nSPS) is 12.4. The monoisotopic (exact) mass is 253 g/mol. The molecule has 2 heteroatoms. The third kappa shape index (κ3) is 5.69. The number of aryl methyl sites for hydroxylation is 2. The first kappa shape index (κ1) is 14.7. The quantitative estimate of drug-likeness (QED) is 0.759. The fourth-order valence-electron chi connectivity index (χ4n) is 1.94. The van der Waals surface area contributed by atoms with Crippen LogP contribution in [0.1, 0.15) is 51.0 Å². The molecular formula is C15H27NS. The van der Waals surface area contributed by atoms with Gasteiger partial charge in [-0.25, -0.2) is 0 Å². The van der Waals surface area contributed by atoms with Gasteiger partial charge in [-0.1, -0.05) is 27.7 Å². The van der Waals surface area contributed by atoms with Crippen LogP contribution in [0.5, 0.6) is 0 Å². The summed E-state index contributed by atoms with van der Waals surface area (Å²) in [5.74, 6) is 0. The molecule has 98 valence electrons. The summed E-state index contributed by atoms with van der Waals surface area (Å²) >= 11 is 1.90. The minimum absolute atomic E-state index is 0.443. The number of thiophene rings is 1. The van der Waals surface area contributed by atoms with Gasteiger partial charge < -0.3 is 5.32 Å². The second-order valence-electron chi connectivity index (χ2n) is 6.05. The molecule has 0 bridgehead atoms. The van der Waals surface area contributed by atoms with Crippen molar-refractivity contribution in [2.75, 3.05) is 6.54 Å². The Morgan fingerprint density at radius 1 is 1.29 bits per heavy atom. The highest BCUT2D eigenvalue weighted by Crippen LogP contribution is 2.28. The Bertz CT molecular complexity index is 325. The first-order valence-electron chi connectivity index (χ1n) is 6.67. The Morgan fingerprint density at radius 3 is 2.53 bits per heavy atom. The van der Waals surface area contributed by atoms with Gasteiger partial charge in [-0.15, -0.1) is 11.3 Å². The van der Waals surface area contributed by atoms with Crippen molar-refractivity contribution in [2.24, 2.45) is 5.41 Å². The van der Waals surface area contributed by atoms with Gasteiger partial charge in [0.15, 0.2) is 0 Å². The van der Waals surface area contributed by atoms with Crippen LogP contribution < -0.4 is 5.32 Å². The summed E-state index contributed by atoms with van der Waals surface area (Å²) in [6, 6.07) is 2.83. The Balaban J connectivity index is 2.31. The molecule has 0 fully saturated rings. The largest absolute Gasteiger partial charge is 0.315 e. The van der Waals surface area contributed by atoms with Crippen molar-refractivity contribution in [2.45, 2.75) is 59.9 Å². The number of hydrogen-bond acceptors (Lipinski definition) is 2. The smallest absolute Gasteiger partial charge is 0.00746 e. The lowest BCUT2D eigenvalue weighted by molar-refractivity contribution is 0.299. The van der Waals surface area contributed by atoms with Gasteiger partial charge in [0.1, 0.15) is 0 Å². The van der Waals surface area contributed by atoms with E-state index < -0.39 is 0 Å². The highest BCUT2D eigenvalue weighted by molar-refractivity contribution is 7.10. The Morgan fingerprint density at radius 2 is 2.00 bits per heavy atom. The van der Waals surface area contributed by atoms with Crippen LogP contribution in [0, 0.1) is 12.3 Å². The molecule has 0 radical (unpaired) electrons. The Hall–Kier alpha value is -0.340. The third-order valence-corrected chi connectivity index (χ3v) is 4.43. The van der Waals surface area contributed by atoms with Gasteiger partial charge in [0.05, 0.1) is 0 Å². The van der Waals surface area contributed by atoms with Crippen molar-refractivity contribution >= 4 is 11.3 Å². The molecule has 1 rings (SSSR count). The molecule has 0 saturated heterocycles. The van der Waals surface area contributed by atoms with Crippen molar-refractivity contribution in [3.05, 3.63) is 21.9 Å². The van der Waals surface area contributed by atoms with Gasteiger partial charge >= 0.3 is 0 Å². The average Bonchev–Trinajstić information content (AvgIpc) is 2.60. The number of hydrogen-bond donors (Lipinski definition) is 1. The molecule has 1 nitrogen and oxygen atoms in total. The number of nitrogens with one attached hydrogen (secondary N) is 1. The summed E-state index contributed by atoms with van der Waals surface area (Å²) in [4.78, 5) is 1.56. The minimum Gasteiger partial charge on any atom is -0.315 e. The molecule has 0 atom stereocenters. The summed E-state index contributed by atoms with van der Waals surface area (Å²) in [6.45, 7) is 12.5. The van der Waals surface area contributed by atoms with Crippen LogP contribution >= 0.6 is 11.3 Å². The molecule has 0 aliphatic rings. The van der Waals surface area contributed by atoms with E-state index in [9.17, 15) is 0 Å². The van der Waals surface area contributed by atoms with Crippen LogP contribution in [0.15, 0.2) is 11.4 Å². The molecule has 17 heavy (non-hydrogen) atoms. The maximum atomic E-state index is 3.51. The first-order valence-corrected chi connectivity index (χ1v) is 7.55. The van der Waals surface area contributed by atoms with Gasteiger partial charge in [0.2, 0.25) is 0 Å². The first-order chi connectivity index (χ1) is 7.91. The predicted molar refractivity (Wildman–Crippen MR) is 78.9 cm³/mol. The topological polar surface area (TPSA) is 12.0 Å². The summed E-state index contributed by atoms with van der Waals surface area (Å²) < 4.78 is 0. The second kappa shape index (κ2) is 6.55. The molecule has 0 aliphatic heterocycles. The van der Waals surface area contributed by atoms with Crippen LogP contribution in [0.4, 0.5) is 0 Å². The lowest BCUT2D eigenvalue weighted by Crippen LogP contribution is -2.28. The highest BCUT2D eigenvalue weighted by Gasteiger charge is 2.18. The van der Waals surface area contributed by atoms with Gasteiger partial charge in [0.25, 0.3) is 0 Å². The van der Waals surface area contributed by atoms with E-state index >= 15 is 0 Å². The van der Waals surface area contributed by atoms with Crippen molar-refractivity contribution < 1.29 is 0 Å². The zero-order chi connectivity index (χ0) is 12.9. The van der Waals surface area contributed by atoms with E-state index in [1.54, 1.807) is 4.88 Å². The fourth-order valence-corrected chi connectivity index (χ4v) is 2.85. The van der Waals surface area contributed by atoms with E-state index in [1.807, 2.05) is 11.3 Å². The van der Waals surface area contributed by atoms with Crippen molar-refractivity contribution in [1.29, 1.82) is 0 Å². The van der Waals surface area contributed by atoms with E-state index in [4.69, 9.17) is 0 Å². The summed E-state index contributed by atoms with van der Waals surface area (Å²) in [7, 11) is 0. The van der Waals surface area contributed by atoms with Crippen molar-refractivity contribution in [3.63, 3.8) is 0 Å². The lowest BCUT2D eigenvalue weighted by Gasteiger charge is -2.25. The van der Waals surface area contributed by atoms with Crippen LogP contribution in [-0.4, -0.2) is 12.6 Å². The van der Waals surface area contributed by atoms with Crippen LogP contribution in [0.25, 0.3) is 0 Å². The molecule has 0 unspecified atom stereocenters. The zero-order valence-electron chi connectivity index (χ0n) is 12.0. The highest BCUT2D eigenvalue weighted by atomic mass is 32.1. The standard InChI is InChI=1S/C15H27NS/c1-12(2)16-10-9-15(4,5)8-6-14-13(3)7-11-17-14/h7,11-12,16H,6,8-10H2,1-5H3. The molecule has 1 N–H and O–H groups in total. The molecule has 0 aliphatic carbocycles. The summed E-state index contributed by atoms with van der Waals surface area (Å²) in [5.41, 5.74) is 1.91. The number of rotatable bonds is 7. The molecule has 0 saturated carbocycles. The van der Waals surface area contributed by atoms with Crippen molar-refractivity contribution in [1.82, 2.24) is 5.32 Å². The lowest BCUT2D eigenvalue weighted by atomic mass is 9.84. The van der Waals surface area contributed by atoms with E-state index in [2.05, 4.69) is 51.4 Å². The Labute approximate surface area is 111 Å². The Kier molecular flexibility index (Phi) is 5.68. The van der Waals surface area contributed by atoms with Crippen LogP contribution in [0.3, 0.4) is 0 Å². The molecule has 1 aromatic heterocycles. The zero-order valence-corrected chi connectivity index (χ0v) is 12.8. The minimum atomic E-state index is 0.443. The molecule has 0 spiro atoms. The molecule has 0 aromatic carbocycles. The molecular weight excluding hydrogens is 226 g/mol. The maximum Gasteiger partial charge on any atom is 0.00746 e. The SMILES string of the molecule is Cc1ccsc1CCC(C)(C)CCNC(C)C. The van der Waals surface area contributed by atoms with E-state index in [-0.39, 0.29) is 0 Å². The van der Waals surface area contributed by atoms with E-state index in [0.29, 0.717) is 11.5 Å². The predicted octanol–water partition coefficient (Wildman–Crippen LogP) is 4.40. The van der Waals surface area contributed by atoms with Crippen LogP contribution in [-0.2, 0) is 6.42 Å². The molecule has 1 heterocycles. The summed E-state index contributed by atoms with van der Waals surface area (Å²) in [5, 5.41) is 5.72. The molecule has 0 amide bonds. The second-order valence-corrected chi connectivity index (χ2v) is 7.05. The molecule has 1 aromatic rings. The third-order valence-electron chi connectivity index (χ3n) is 3.35. The average molecular weight is 253 g/mol.